The minimum Gasteiger partial charge on any atom is -0.325 e. The maximum atomic E-state index is 12.1. The van der Waals surface area contributed by atoms with Gasteiger partial charge < -0.3 is 10.2 Å². The van der Waals surface area contributed by atoms with Gasteiger partial charge in [0.2, 0.25) is 0 Å². The number of amides is 2. The average molecular weight is 246 g/mol. The zero-order chi connectivity index (χ0) is 12.8. The van der Waals surface area contributed by atoms with Crippen molar-refractivity contribution >= 4 is 11.7 Å². The van der Waals surface area contributed by atoms with Gasteiger partial charge in [0.1, 0.15) is 0 Å². The molecule has 1 aromatic carbocycles. The molecule has 3 heteroatoms. The van der Waals surface area contributed by atoms with E-state index in [0.717, 1.165) is 31.6 Å². The lowest BCUT2D eigenvalue weighted by atomic mass is 10.1. The third kappa shape index (κ3) is 3.76. The SMILES string of the molecule is Cc1ccc(NC(=O)N2CCCCCCC2)cc1. The summed E-state index contributed by atoms with van der Waals surface area (Å²) >= 11 is 0. The number of carbonyl (C=O) groups excluding carboxylic acids is 1. The first-order valence-electron chi connectivity index (χ1n) is 6.88. The molecule has 1 saturated heterocycles. The molecular formula is C15H22N2O. The fraction of sp³-hybridized carbons (Fsp3) is 0.533. The Bertz CT molecular complexity index is 378. The van der Waals surface area contributed by atoms with E-state index in [4.69, 9.17) is 0 Å². The third-order valence-corrected chi connectivity index (χ3v) is 3.45. The molecule has 0 unspecified atom stereocenters. The van der Waals surface area contributed by atoms with Gasteiger partial charge in [0.05, 0.1) is 0 Å². The van der Waals surface area contributed by atoms with Gasteiger partial charge in [-0.3, -0.25) is 0 Å². The molecule has 98 valence electrons. The Hall–Kier alpha value is -1.51. The van der Waals surface area contributed by atoms with E-state index >= 15 is 0 Å². The Morgan fingerprint density at radius 2 is 1.56 bits per heavy atom. The van der Waals surface area contributed by atoms with E-state index in [-0.39, 0.29) is 6.03 Å². The van der Waals surface area contributed by atoms with Crippen molar-refractivity contribution in [2.75, 3.05) is 18.4 Å². The summed E-state index contributed by atoms with van der Waals surface area (Å²) in [7, 11) is 0. The van der Waals surface area contributed by atoms with Crippen LogP contribution in [0.15, 0.2) is 24.3 Å². The van der Waals surface area contributed by atoms with E-state index in [1.54, 1.807) is 0 Å². The van der Waals surface area contributed by atoms with Crippen LogP contribution in [0.25, 0.3) is 0 Å². The summed E-state index contributed by atoms with van der Waals surface area (Å²) in [4.78, 5) is 14.1. The van der Waals surface area contributed by atoms with Crippen molar-refractivity contribution in [3.8, 4) is 0 Å². The van der Waals surface area contributed by atoms with Gasteiger partial charge in [-0.25, -0.2) is 4.79 Å². The highest BCUT2D eigenvalue weighted by molar-refractivity contribution is 5.89. The van der Waals surface area contributed by atoms with E-state index in [2.05, 4.69) is 5.32 Å². The number of aryl methyl sites for hydroxylation is 1. The van der Waals surface area contributed by atoms with Gasteiger partial charge in [0.25, 0.3) is 0 Å². The molecule has 1 heterocycles. The first kappa shape index (κ1) is 12.9. The number of hydrogen-bond acceptors (Lipinski definition) is 1. The van der Waals surface area contributed by atoms with E-state index < -0.39 is 0 Å². The number of hydrogen-bond donors (Lipinski definition) is 1. The maximum Gasteiger partial charge on any atom is 0.321 e. The number of benzene rings is 1. The molecule has 0 saturated carbocycles. The number of anilines is 1. The number of urea groups is 1. The molecule has 1 aliphatic heterocycles. The normalized spacial score (nSPS) is 16.8. The summed E-state index contributed by atoms with van der Waals surface area (Å²) in [5.74, 6) is 0. The second-order valence-corrected chi connectivity index (χ2v) is 5.05. The number of likely N-dealkylation sites (tertiary alicyclic amines) is 1. The fourth-order valence-corrected chi connectivity index (χ4v) is 2.29. The van der Waals surface area contributed by atoms with Gasteiger partial charge in [-0.1, -0.05) is 37.0 Å². The Morgan fingerprint density at radius 1 is 1.00 bits per heavy atom. The van der Waals surface area contributed by atoms with E-state index in [1.165, 1.54) is 24.8 Å². The maximum absolute atomic E-state index is 12.1. The smallest absolute Gasteiger partial charge is 0.321 e. The Kier molecular flexibility index (Phi) is 4.62. The van der Waals surface area contributed by atoms with E-state index in [1.807, 2.05) is 36.1 Å². The summed E-state index contributed by atoms with van der Waals surface area (Å²) in [6, 6.07) is 7.99. The van der Waals surface area contributed by atoms with Crippen molar-refractivity contribution in [3.63, 3.8) is 0 Å². The molecule has 0 radical (unpaired) electrons. The lowest BCUT2D eigenvalue weighted by Gasteiger charge is -2.25. The lowest BCUT2D eigenvalue weighted by Crippen LogP contribution is -2.37. The van der Waals surface area contributed by atoms with Crippen molar-refractivity contribution in [2.45, 2.75) is 39.0 Å². The first-order chi connectivity index (χ1) is 8.75. The molecule has 1 aliphatic rings. The quantitative estimate of drug-likeness (QED) is 0.803. The number of rotatable bonds is 1. The molecule has 2 amide bonds. The highest BCUT2D eigenvalue weighted by Gasteiger charge is 2.14. The molecule has 18 heavy (non-hydrogen) atoms. The lowest BCUT2D eigenvalue weighted by molar-refractivity contribution is 0.206. The molecule has 1 aromatic rings. The zero-order valence-corrected chi connectivity index (χ0v) is 11.1. The van der Waals surface area contributed by atoms with Crippen LogP contribution in [0.5, 0.6) is 0 Å². The minimum atomic E-state index is 0.0424. The molecule has 0 bridgehead atoms. The Labute approximate surface area is 109 Å². The van der Waals surface area contributed by atoms with Crippen LogP contribution in [0.3, 0.4) is 0 Å². The van der Waals surface area contributed by atoms with E-state index in [0.29, 0.717) is 0 Å². The van der Waals surface area contributed by atoms with Crippen LogP contribution in [0.1, 0.15) is 37.7 Å². The summed E-state index contributed by atoms with van der Waals surface area (Å²) in [5, 5.41) is 2.97. The predicted molar refractivity (Wildman–Crippen MR) is 74.9 cm³/mol. The monoisotopic (exact) mass is 246 g/mol. The van der Waals surface area contributed by atoms with Crippen molar-refractivity contribution in [3.05, 3.63) is 29.8 Å². The van der Waals surface area contributed by atoms with Gasteiger partial charge >= 0.3 is 6.03 Å². The van der Waals surface area contributed by atoms with Gasteiger partial charge in [-0.15, -0.1) is 0 Å². The van der Waals surface area contributed by atoms with Crippen LogP contribution in [0.4, 0.5) is 10.5 Å². The van der Waals surface area contributed by atoms with Crippen LogP contribution in [0.2, 0.25) is 0 Å². The summed E-state index contributed by atoms with van der Waals surface area (Å²) < 4.78 is 0. The Balaban J connectivity index is 1.91. The standard InChI is InChI=1S/C15H22N2O/c1-13-7-9-14(10-8-13)16-15(18)17-11-5-3-2-4-6-12-17/h7-10H,2-6,11-12H2,1H3,(H,16,18). The van der Waals surface area contributed by atoms with Crippen LogP contribution in [-0.4, -0.2) is 24.0 Å². The molecule has 0 atom stereocenters. The minimum absolute atomic E-state index is 0.0424. The van der Waals surface area contributed by atoms with E-state index in [9.17, 15) is 4.79 Å². The molecule has 2 rings (SSSR count). The van der Waals surface area contributed by atoms with Gasteiger partial charge in [-0.05, 0) is 31.9 Å². The molecule has 0 spiro atoms. The predicted octanol–water partition coefficient (Wildman–Crippen LogP) is 3.79. The van der Waals surface area contributed by atoms with Crippen molar-refractivity contribution < 1.29 is 4.79 Å². The first-order valence-corrected chi connectivity index (χ1v) is 6.88. The number of nitrogens with zero attached hydrogens (tertiary/aromatic N) is 1. The van der Waals surface area contributed by atoms with Gasteiger partial charge in [0, 0.05) is 18.8 Å². The largest absolute Gasteiger partial charge is 0.325 e. The van der Waals surface area contributed by atoms with Crippen LogP contribution >= 0.6 is 0 Å². The second kappa shape index (κ2) is 6.43. The number of nitrogens with one attached hydrogen (secondary N) is 1. The van der Waals surface area contributed by atoms with Gasteiger partial charge in [-0.2, -0.15) is 0 Å². The third-order valence-electron chi connectivity index (χ3n) is 3.45. The summed E-state index contributed by atoms with van der Waals surface area (Å²) in [6.07, 6.45) is 6.05. The van der Waals surface area contributed by atoms with Gasteiger partial charge in [0.15, 0.2) is 0 Å². The van der Waals surface area contributed by atoms with Crippen LogP contribution in [-0.2, 0) is 0 Å². The van der Waals surface area contributed by atoms with Crippen molar-refractivity contribution in [1.82, 2.24) is 4.90 Å². The molecule has 1 N–H and O–H groups in total. The molecular weight excluding hydrogens is 224 g/mol. The average Bonchev–Trinajstić information content (AvgIpc) is 2.31. The van der Waals surface area contributed by atoms with Crippen LogP contribution < -0.4 is 5.32 Å². The fourth-order valence-electron chi connectivity index (χ4n) is 2.29. The van der Waals surface area contributed by atoms with Crippen LogP contribution in [0, 0.1) is 6.92 Å². The second-order valence-electron chi connectivity index (χ2n) is 5.05. The highest BCUT2D eigenvalue weighted by Crippen LogP contribution is 2.13. The number of carbonyl (C=O) groups is 1. The molecule has 0 aromatic heterocycles. The highest BCUT2D eigenvalue weighted by atomic mass is 16.2. The zero-order valence-electron chi connectivity index (χ0n) is 11.1. The molecule has 3 nitrogen and oxygen atoms in total. The summed E-state index contributed by atoms with van der Waals surface area (Å²) in [6.45, 7) is 3.82. The topological polar surface area (TPSA) is 32.3 Å². The Morgan fingerprint density at radius 3 is 2.17 bits per heavy atom. The van der Waals surface area contributed by atoms with Crippen molar-refractivity contribution in [2.24, 2.45) is 0 Å². The summed E-state index contributed by atoms with van der Waals surface area (Å²) in [5.41, 5.74) is 2.09. The van der Waals surface area contributed by atoms with Crippen molar-refractivity contribution in [1.29, 1.82) is 0 Å². The molecule has 1 fully saturated rings. The molecule has 0 aliphatic carbocycles.